The molecular weight excluding hydrogens is 827 g/mol. The van der Waals surface area contributed by atoms with Crippen molar-refractivity contribution in [2.75, 3.05) is 0 Å². The van der Waals surface area contributed by atoms with Gasteiger partial charge in [-0.15, -0.1) is 0 Å². The van der Waals surface area contributed by atoms with E-state index in [4.69, 9.17) is 4.98 Å². The molecule has 0 spiro atoms. The molecule has 0 saturated heterocycles. The lowest BCUT2D eigenvalue weighted by atomic mass is 9.85. The third kappa shape index (κ3) is 9.65. The van der Waals surface area contributed by atoms with Gasteiger partial charge in [0, 0.05) is 40.8 Å². The molecule has 5 nitrogen and oxygen atoms in total. The van der Waals surface area contributed by atoms with Crippen LogP contribution in [-0.2, 0) is 25.7 Å². The molecule has 0 aliphatic carbocycles. The fourth-order valence-electron chi connectivity index (χ4n) is 8.99. The average molecular weight is 872 g/mol. The van der Waals surface area contributed by atoms with E-state index in [1.165, 1.54) is 22.3 Å². The molecule has 0 aliphatic heterocycles. The van der Waals surface area contributed by atoms with Crippen LogP contribution >= 0.6 is 0 Å². The maximum Gasteiger partial charge on any atom is 0.0998 e. The van der Waals surface area contributed by atoms with Gasteiger partial charge in [-0.2, -0.15) is 10.5 Å². The number of nitrogens with zero attached hydrogens (tertiary/aromatic N) is 5. The maximum atomic E-state index is 10.8. The minimum atomic E-state index is 0.564. The lowest BCUT2D eigenvalue weighted by Gasteiger charge is -2.18. The molecule has 5 heteroatoms. The van der Waals surface area contributed by atoms with Crippen molar-refractivity contribution in [1.29, 1.82) is 10.5 Å². The van der Waals surface area contributed by atoms with Gasteiger partial charge < -0.3 is 0 Å². The summed E-state index contributed by atoms with van der Waals surface area (Å²) < 4.78 is 0. The summed E-state index contributed by atoms with van der Waals surface area (Å²) in [5, 5.41) is 20.2. The molecule has 3 heterocycles. The van der Waals surface area contributed by atoms with E-state index in [2.05, 4.69) is 143 Å². The van der Waals surface area contributed by atoms with Crippen LogP contribution in [0, 0.1) is 22.7 Å². The normalized spacial score (nSPS) is 10.9. The summed E-state index contributed by atoms with van der Waals surface area (Å²) in [5.41, 5.74) is 20.3. The molecule has 0 fully saturated rings. The van der Waals surface area contributed by atoms with Crippen molar-refractivity contribution in [2.24, 2.45) is 0 Å². The molecule has 0 saturated carbocycles. The van der Waals surface area contributed by atoms with Gasteiger partial charge in [0.2, 0.25) is 0 Å². The number of pyridine rings is 3. The highest BCUT2D eigenvalue weighted by atomic mass is 14.7. The van der Waals surface area contributed by atoms with Gasteiger partial charge in [0.15, 0.2) is 0 Å². The Morgan fingerprint density at radius 3 is 1.28 bits per heavy atom. The van der Waals surface area contributed by atoms with E-state index in [0.29, 0.717) is 11.1 Å². The second-order valence-corrected chi connectivity index (χ2v) is 16.9. The number of aryl methyl sites for hydroxylation is 4. The molecule has 0 unspecified atom stereocenters. The Bertz CT molecular complexity index is 3320. The van der Waals surface area contributed by atoms with Crippen molar-refractivity contribution >= 4 is 0 Å². The summed E-state index contributed by atoms with van der Waals surface area (Å²) >= 11 is 0. The van der Waals surface area contributed by atoms with Gasteiger partial charge in [0.1, 0.15) is 0 Å². The zero-order valence-corrected chi connectivity index (χ0v) is 37.4. The van der Waals surface area contributed by atoms with Crippen molar-refractivity contribution < 1.29 is 0 Å². The summed E-state index contributed by atoms with van der Waals surface area (Å²) in [5.74, 6) is 0. The first-order chi connectivity index (χ1) is 33.6. The van der Waals surface area contributed by atoms with Crippen LogP contribution in [0.5, 0.6) is 0 Å². The van der Waals surface area contributed by atoms with E-state index in [0.717, 1.165) is 104 Å². The molecule has 0 bridgehead atoms. The largest absolute Gasteiger partial charge is 0.256 e. The van der Waals surface area contributed by atoms with Crippen LogP contribution in [0.25, 0.3) is 78.3 Å². The predicted octanol–water partition coefficient (Wildman–Crippen LogP) is 14.9. The molecule has 0 atom stereocenters. The molecule has 0 amide bonds. The Balaban J connectivity index is 1.04. The maximum absolute atomic E-state index is 10.8. The van der Waals surface area contributed by atoms with E-state index in [1.54, 1.807) is 0 Å². The standard InChI is InChI=1S/C63H45N5/c64-42-46-22-24-49(25-23-46)52-30-32-57(55(40-52)43-65)60-41-53(63-13-5-8-36-68-63)31-33-59(60)58-10-2-1-9-56(58)54-38-47(16-14-44-18-26-50(27-19-44)61-11-3-6-34-66-61)37-48(39-54)17-15-45-20-28-51(29-21-45)62-12-4-7-35-67-62/h1-13,18-41H,14-17H2. The van der Waals surface area contributed by atoms with Gasteiger partial charge >= 0.3 is 0 Å². The summed E-state index contributed by atoms with van der Waals surface area (Å²) in [7, 11) is 0. The highest BCUT2D eigenvalue weighted by molar-refractivity contribution is 5.95. The predicted molar refractivity (Wildman–Crippen MR) is 275 cm³/mol. The van der Waals surface area contributed by atoms with Crippen LogP contribution in [0.1, 0.15) is 33.4 Å². The first kappa shape index (κ1) is 42.9. The zero-order chi connectivity index (χ0) is 46.1. The van der Waals surface area contributed by atoms with Gasteiger partial charge in [-0.1, -0.05) is 146 Å². The third-order valence-electron chi connectivity index (χ3n) is 12.6. The monoisotopic (exact) mass is 871 g/mol. The molecule has 0 N–H and O–H groups in total. The molecule has 322 valence electrons. The lowest BCUT2D eigenvalue weighted by Crippen LogP contribution is -1.98. The lowest BCUT2D eigenvalue weighted by molar-refractivity contribution is 0.931. The first-order valence-electron chi connectivity index (χ1n) is 22.9. The summed E-state index contributed by atoms with van der Waals surface area (Å²) in [4.78, 5) is 13.8. The van der Waals surface area contributed by atoms with E-state index < -0.39 is 0 Å². The summed E-state index contributed by atoms with van der Waals surface area (Å²) in [6.45, 7) is 0. The fourth-order valence-corrected chi connectivity index (χ4v) is 8.99. The third-order valence-corrected chi connectivity index (χ3v) is 12.6. The van der Waals surface area contributed by atoms with E-state index >= 15 is 0 Å². The van der Waals surface area contributed by atoms with Crippen LogP contribution in [-0.4, -0.2) is 15.0 Å². The molecule has 3 aromatic heterocycles. The average Bonchev–Trinajstić information content (AvgIpc) is 3.42. The molecule has 7 aromatic carbocycles. The molecule has 0 aliphatic rings. The van der Waals surface area contributed by atoms with Crippen LogP contribution in [0.2, 0.25) is 0 Å². The Morgan fingerprint density at radius 2 is 0.750 bits per heavy atom. The molecule has 10 aromatic rings. The van der Waals surface area contributed by atoms with E-state index in [1.807, 2.05) is 104 Å². The van der Waals surface area contributed by atoms with Gasteiger partial charge in [-0.3, -0.25) is 15.0 Å². The second kappa shape index (κ2) is 20.0. The minimum Gasteiger partial charge on any atom is -0.256 e. The fraction of sp³-hybridized carbons (Fsp3) is 0.0635. The topological polar surface area (TPSA) is 86.2 Å². The van der Waals surface area contributed by atoms with Gasteiger partial charge in [0.05, 0.1) is 40.3 Å². The number of hydrogen-bond acceptors (Lipinski definition) is 5. The van der Waals surface area contributed by atoms with Crippen molar-refractivity contribution in [3.63, 3.8) is 0 Å². The van der Waals surface area contributed by atoms with Crippen molar-refractivity contribution in [1.82, 2.24) is 15.0 Å². The van der Waals surface area contributed by atoms with Crippen molar-refractivity contribution in [3.8, 4) is 90.4 Å². The minimum absolute atomic E-state index is 0.564. The SMILES string of the molecule is N#Cc1ccc(-c2ccc(-c3cc(-c4ccccn4)ccc3-c3ccccc3-c3cc(CCc4ccc(-c5ccccn5)cc4)cc(CCc4ccc(-c5ccccn5)cc4)c3)c(C#N)c2)cc1. The molecule has 68 heavy (non-hydrogen) atoms. The number of rotatable bonds is 13. The van der Waals surface area contributed by atoms with Gasteiger partial charge in [-0.05, 0) is 148 Å². The first-order valence-corrected chi connectivity index (χ1v) is 22.9. The van der Waals surface area contributed by atoms with Crippen LogP contribution < -0.4 is 0 Å². The Kier molecular flexibility index (Phi) is 12.6. The molecule has 10 rings (SSSR count). The van der Waals surface area contributed by atoms with Crippen molar-refractivity contribution in [3.05, 3.63) is 258 Å². The Morgan fingerprint density at radius 1 is 0.294 bits per heavy atom. The van der Waals surface area contributed by atoms with Crippen LogP contribution in [0.3, 0.4) is 0 Å². The smallest absolute Gasteiger partial charge is 0.0998 e. The number of aromatic nitrogens is 3. The quantitative estimate of drug-likeness (QED) is 0.115. The van der Waals surface area contributed by atoms with Crippen LogP contribution in [0.15, 0.2) is 225 Å². The van der Waals surface area contributed by atoms with E-state index in [9.17, 15) is 10.5 Å². The summed E-state index contributed by atoms with van der Waals surface area (Å²) in [6.07, 6.45) is 9.04. The number of hydrogen-bond donors (Lipinski definition) is 0. The van der Waals surface area contributed by atoms with Gasteiger partial charge in [-0.25, -0.2) is 0 Å². The van der Waals surface area contributed by atoms with Gasteiger partial charge in [0.25, 0.3) is 0 Å². The van der Waals surface area contributed by atoms with Crippen LogP contribution in [0.4, 0.5) is 0 Å². The highest BCUT2D eigenvalue weighted by Gasteiger charge is 2.18. The zero-order valence-electron chi connectivity index (χ0n) is 37.4. The molecule has 0 radical (unpaired) electrons. The Hall–Kier alpha value is -9.03. The highest BCUT2D eigenvalue weighted by Crippen LogP contribution is 2.42. The Labute approximate surface area is 398 Å². The van der Waals surface area contributed by atoms with Crippen molar-refractivity contribution in [2.45, 2.75) is 25.7 Å². The number of benzene rings is 7. The van der Waals surface area contributed by atoms with E-state index in [-0.39, 0.29) is 0 Å². The number of nitriles is 2. The molecular formula is C63H45N5. The summed E-state index contributed by atoms with van der Waals surface area (Å²) in [6, 6.07) is 76.1. The second-order valence-electron chi connectivity index (χ2n) is 16.9.